The first-order valence-electron chi connectivity index (χ1n) is 4.55. The van der Waals surface area contributed by atoms with Crippen LogP contribution < -0.4 is 0 Å². The molecule has 6 heteroatoms. The molecule has 0 spiro atoms. The van der Waals surface area contributed by atoms with Crippen molar-refractivity contribution in [3.63, 3.8) is 0 Å². The highest BCUT2D eigenvalue weighted by molar-refractivity contribution is 6.29. The summed E-state index contributed by atoms with van der Waals surface area (Å²) in [5.74, 6) is 0. The molecule has 0 N–H and O–H groups in total. The molecular weight excluding hydrogens is 230 g/mol. The maximum absolute atomic E-state index is 10.5. The Labute approximate surface area is 96.4 Å². The summed E-state index contributed by atoms with van der Waals surface area (Å²) in [6.45, 7) is 1.83. The van der Waals surface area contributed by atoms with Crippen LogP contribution in [0.3, 0.4) is 0 Å². The molecule has 2 aromatic rings. The second-order valence-corrected chi connectivity index (χ2v) is 3.68. The Morgan fingerprint density at radius 2 is 2.00 bits per heavy atom. The smallest absolute Gasteiger partial charge is 0.258 e. The Bertz CT molecular complexity index is 533. The van der Waals surface area contributed by atoms with Gasteiger partial charge in [-0.1, -0.05) is 11.6 Å². The van der Waals surface area contributed by atoms with Crippen molar-refractivity contribution in [2.24, 2.45) is 0 Å². The van der Waals surface area contributed by atoms with Gasteiger partial charge in [-0.2, -0.15) is 5.10 Å². The molecule has 0 fully saturated rings. The molecular formula is C10H8ClN3O2. The van der Waals surface area contributed by atoms with Gasteiger partial charge in [-0.3, -0.25) is 10.1 Å². The third-order valence-electron chi connectivity index (χ3n) is 2.09. The van der Waals surface area contributed by atoms with Gasteiger partial charge in [0.05, 0.1) is 16.3 Å². The molecule has 0 bridgehead atoms. The molecule has 82 valence electrons. The van der Waals surface area contributed by atoms with Crippen LogP contribution >= 0.6 is 11.6 Å². The number of hydrogen-bond acceptors (Lipinski definition) is 3. The van der Waals surface area contributed by atoms with Gasteiger partial charge in [0.15, 0.2) is 0 Å². The van der Waals surface area contributed by atoms with Crippen molar-refractivity contribution in [3.05, 3.63) is 51.3 Å². The minimum Gasteiger partial charge on any atom is -0.258 e. The highest BCUT2D eigenvalue weighted by Crippen LogP contribution is 2.19. The van der Waals surface area contributed by atoms with Crippen LogP contribution in [0.2, 0.25) is 5.15 Å². The number of nitro benzene ring substituents is 1. The fourth-order valence-electron chi connectivity index (χ4n) is 1.36. The first kappa shape index (κ1) is 10.6. The fraction of sp³-hybridized carbons (Fsp3) is 0.100. The van der Waals surface area contributed by atoms with E-state index in [4.69, 9.17) is 11.6 Å². The Kier molecular flexibility index (Phi) is 2.62. The highest BCUT2D eigenvalue weighted by atomic mass is 35.5. The van der Waals surface area contributed by atoms with Crippen LogP contribution in [0.15, 0.2) is 30.3 Å². The summed E-state index contributed by atoms with van der Waals surface area (Å²) in [4.78, 5) is 10.0. The summed E-state index contributed by atoms with van der Waals surface area (Å²) in [6, 6.07) is 7.78. The quantitative estimate of drug-likeness (QED) is 0.596. The SMILES string of the molecule is Cc1cc(Cl)n(-c2ccc([N+](=O)[O-])cc2)n1. The van der Waals surface area contributed by atoms with Gasteiger partial charge in [-0.05, 0) is 25.1 Å². The predicted molar refractivity (Wildman–Crippen MR) is 60.0 cm³/mol. The zero-order valence-electron chi connectivity index (χ0n) is 8.42. The lowest BCUT2D eigenvalue weighted by atomic mass is 10.3. The van der Waals surface area contributed by atoms with Crippen LogP contribution in [0.5, 0.6) is 0 Å². The first-order chi connectivity index (χ1) is 7.58. The molecule has 1 aromatic carbocycles. The zero-order valence-corrected chi connectivity index (χ0v) is 9.18. The number of nitrogens with zero attached hydrogens (tertiary/aromatic N) is 3. The lowest BCUT2D eigenvalue weighted by molar-refractivity contribution is -0.384. The van der Waals surface area contributed by atoms with Crippen molar-refractivity contribution in [1.29, 1.82) is 0 Å². The average molecular weight is 238 g/mol. The average Bonchev–Trinajstić information content (AvgIpc) is 2.58. The third kappa shape index (κ3) is 1.90. The van der Waals surface area contributed by atoms with E-state index in [1.165, 1.54) is 16.8 Å². The van der Waals surface area contributed by atoms with E-state index in [2.05, 4.69) is 5.10 Å². The van der Waals surface area contributed by atoms with Gasteiger partial charge in [-0.25, -0.2) is 4.68 Å². The molecule has 0 aliphatic heterocycles. The monoisotopic (exact) mass is 237 g/mol. The number of nitro groups is 1. The number of rotatable bonds is 2. The van der Waals surface area contributed by atoms with Crippen LogP contribution in [0.25, 0.3) is 5.69 Å². The van der Waals surface area contributed by atoms with Crippen LogP contribution in [0.4, 0.5) is 5.69 Å². The molecule has 0 aliphatic carbocycles. The number of halogens is 1. The van der Waals surface area contributed by atoms with Crippen molar-refractivity contribution in [2.45, 2.75) is 6.92 Å². The number of hydrogen-bond donors (Lipinski definition) is 0. The topological polar surface area (TPSA) is 61.0 Å². The van der Waals surface area contributed by atoms with Crippen LogP contribution in [-0.4, -0.2) is 14.7 Å². The van der Waals surface area contributed by atoms with Crippen molar-refractivity contribution in [1.82, 2.24) is 9.78 Å². The van der Waals surface area contributed by atoms with Gasteiger partial charge in [-0.15, -0.1) is 0 Å². The number of benzene rings is 1. The molecule has 1 aromatic heterocycles. The predicted octanol–water partition coefficient (Wildman–Crippen LogP) is 2.74. The molecule has 1 heterocycles. The molecule has 0 unspecified atom stereocenters. The van der Waals surface area contributed by atoms with Gasteiger partial charge in [0.1, 0.15) is 5.15 Å². The Morgan fingerprint density at radius 1 is 1.38 bits per heavy atom. The summed E-state index contributed by atoms with van der Waals surface area (Å²) in [5, 5.41) is 15.1. The van der Waals surface area contributed by atoms with Gasteiger partial charge in [0, 0.05) is 12.1 Å². The molecule has 0 radical (unpaired) electrons. The van der Waals surface area contributed by atoms with Gasteiger partial charge in [0.25, 0.3) is 5.69 Å². The summed E-state index contributed by atoms with van der Waals surface area (Å²) in [5.41, 5.74) is 1.54. The summed E-state index contributed by atoms with van der Waals surface area (Å²) < 4.78 is 1.53. The molecule has 16 heavy (non-hydrogen) atoms. The molecule has 0 amide bonds. The summed E-state index contributed by atoms with van der Waals surface area (Å²) in [7, 11) is 0. The van der Waals surface area contributed by atoms with E-state index in [0.717, 1.165) is 5.69 Å². The lowest BCUT2D eigenvalue weighted by Gasteiger charge is -2.01. The van der Waals surface area contributed by atoms with Crippen molar-refractivity contribution >= 4 is 17.3 Å². The zero-order chi connectivity index (χ0) is 11.7. The molecule has 5 nitrogen and oxygen atoms in total. The fourth-order valence-corrected chi connectivity index (χ4v) is 1.66. The molecule has 0 atom stereocenters. The van der Waals surface area contributed by atoms with E-state index in [1.54, 1.807) is 18.2 Å². The first-order valence-corrected chi connectivity index (χ1v) is 4.93. The van der Waals surface area contributed by atoms with Gasteiger partial charge >= 0.3 is 0 Å². The molecule has 0 saturated carbocycles. The third-order valence-corrected chi connectivity index (χ3v) is 2.36. The van der Waals surface area contributed by atoms with Crippen molar-refractivity contribution in [2.75, 3.05) is 0 Å². The van der Waals surface area contributed by atoms with E-state index in [1.807, 2.05) is 6.92 Å². The lowest BCUT2D eigenvalue weighted by Crippen LogP contribution is -1.97. The molecule has 0 aliphatic rings. The standard InChI is InChI=1S/C10H8ClN3O2/c1-7-6-10(11)13(12-7)8-2-4-9(5-3-8)14(15)16/h2-6H,1H3. The van der Waals surface area contributed by atoms with Crippen LogP contribution in [0, 0.1) is 17.0 Å². The summed E-state index contributed by atoms with van der Waals surface area (Å²) >= 11 is 5.95. The maximum Gasteiger partial charge on any atom is 0.269 e. The van der Waals surface area contributed by atoms with Gasteiger partial charge < -0.3 is 0 Å². The van der Waals surface area contributed by atoms with E-state index in [9.17, 15) is 10.1 Å². The highest BCUT2D eigenvalue weighted by Gasteiger charge is 2.08. The van der Waals surface area contributed by atoms with E-state index in [0.29, 0.717) is 10.8 Å². The number of non-ortho nitro benzene ring substituents is 1. The van der Waals surface area contributed by atoms with E-state index < -0.39 is 4.92 Å². The normalized spacial score (nSPS) is 10.4. The molecule has 2 rings (SSSR count). The second kappa shape index (κ2) is 3.94. The molecule has 0 saturated heterocycles. The van der Waals surface area contributed by atoms with E-state index >= 15 is 0 Å². The van der Waals surface area contributed by atoms with E-state index in [-0.39, 0.29) is 5.69 Å². The van der Waals surface area contributed by atoms with Crippen molar-refractivity contribution in [3.8, 4) is 5.69 Å². The number of aromatic nitrogens is 2. The number of aryl methyl sites for hydroxylation is 1. The largest absolute Gasteiger partial charge is 0.269 e. The van der Waals surface area contributed by atoms with Crippen LogP contribution in [0.1, 0.15) is 5.69 Å². The van der Waals surface area contributed by atoms with Crippen molar-refractivity contribution < 1.29 is 4.92 Å². The Morgan fingerprint density at radius 3 is 2.44 bits per heavy atom. The second-order valence-electron chi connectivity index (χ2n) is 3.29. The maximum atomic E-state index is 10.5. The van der Waals surface area contributed by atoms with Crippen LogP contribution in [-0.2, 0) is 0 Å². The van der Waals surface area contributed by atoms with Gasteiger partial charge in [0.2, 0.25) is 0 Å². The summed E-state index contributed by atoms with van der Waals surface area (Å²) in [6.07, 6.45) is 0. The minimum absolute atomic E-state index is 0.0451. The minimum atomic E-state index is -0.445. The Balaban J connectivity index is 2.42. The Hall–Kier alpha value is -1.88.